The average Bonchev–Trinajstić information content (AvgIpc) is 2.97. The summed E-state index contributed by atoms with van der Waals surface area (Å²) in [6.45, 7) is -0.0995. The zero-order chi connectivity index (χ0) is 17.3. The lowest BCUT2D eigenvalue weighted by molar-refractivity contribution is -0.122. The minimum atomic E-state index is -0.570. The Labute approximate surface area is 156 Å². The number of nitrogens with one attached hydrogen (secondary N) is 1. The Morgan fingerprint density at radius 2 is 1.92 bits per heavy atom. The number of hydrogen-bond acceptors (Lipinski definition) is 5. The molecule has 1 aromatic heterocycles. The van der Waals surface area contributed by atoms with Gasteiger partial charge in [-0.3, -0.25) is 19.8 Å². The van der Waals surface area contributed by atoms with Gasteiger partial charge in [-0.1, -0.05) is 12.1 Å². The quantitative estimate of drug-likeness (QED) is 0.322. The van der Waals surface area contributed by atoms with E-state index in [1.165, 1.54) is 11.0 Å². The van der Waals surface area contributed by atoms with Gasteiger partial charge in [-0.15, -0.1) is 0 Å². The fourth-order valence-corrected chi connectivity index (χ4v) is 2.91. The molecule has 0 aliphatic carbocycles. The number of carbonyl (C=O) groups excluding carboxylic acids is 2. The van der Waals surface area contributed by atoms with Gasteiger partial charge in [-0.05, 0) is 70.7 Å². The number of nitrogens with zero attached hydrogens (tertiary/aromatic N) is 1. The van der Waals surface area contributed by atoms with Crippen LogP contribution in [0.25, 0.3) is 6.08 Å². The van der Waals surface area contributed by atoms with Crippen LogP contribution in [-0.4, -0.2) is 22.0 Å². The second-order valence-electron chi connectivity index (χ2n) is 4.92. The monoisotopic (exact) mass is 454 g/mol. The maximum absolute atomic E-state index is 12.7. The maximum Gasteiger partial charge on any atom is 0.270 e. The second kappa shape index (κ2) is 6.83. The van der Waals surface area contributed by atoms with Gasteiger partial charge in [0.15, 0.2) is 8.88 Å². The van der Waals surface area contributed by atoms with E-state index in [9.17, 15) is 9.59 Å². The molecule has 8 heteroatoms. The van der Waals surface area contributed by atoms with Gasteiger partial charge in [0.05, 0.1) is 12.3 Å². The Morgan fingerprint density at radius 3 is 2.50 bits per heavy atom. The number of halogens is 1. The Kier molecular flexibility index (Phi) is 4.78. The molecule has 2 heterocycles. The van der Waals surface area contributed by atoms with Crippen molar-refractivity contribution in [1.29, 1.82) is 0 Å². The summed E-state index contributed by atoms with van der Waals surface area (Å²) in [4.78, 5) is 26.1. The predicted molar refractivity (Wildman–Crippen MR) is 100.0 cm³/mol. The van der Waals surface area contributed by atoms with E-state index in [1.807, 2.05) is 22.6 Å². The molecule has 1 aliphatic heterocycles. The third kappa shape index (κ3) is 3.25. The van der Waals surface area contributed by atoms with E-state index >= 15 is 0 Å². The highest BCUT2D eigenvalue weighted by atomic mass is 127. The first-order valence-electron chi connectivity index (χ1n) is 6.86. The van der Waals surface area contributed by atoms with Crippen LogP contribution in [0.1, 0.15) is 11.3 Å². The van der Waals surface area contributed by atoms with Crippen LogP contribution in [0, 0.1) is 3.77 Å². The molecule has 0 unspecified atom stereocenters. The zero-order valence-electron chi connectivity index (χ0n) is 12.2. The number of hydrogen-bond donors (Lipinski definition) is 2. The standard InChI is InChI=1S/C16H11IN2O4S/c17-13-6-5-11(23-13)7-12-14(21)18-16(24)19(15(12)22)10-3-1-9(8-20)2-4-10/h1-7,20H,8H2,(H,18,21,24)/b12-7+. The lowest BCUT2D eigenvalue weighted by Gasteiger charge is -2.28. The Bertz CT molecular complexity index is 857. The van der Waals surface area contributed by atoms with Gasteiger partial charge in [0.1, 0.15) is 11.3 Å². The summed E-state index contributed by atoms with van der Waals surface area (Å²) in [7, 11) is 0. The van der Waals surface area contributed by atoms with Gasteiger partial charge >= 0.3 is 0 Å². The van der Waals surface area contributed by atoms with E-state index in [1.54, 1.807) is 36.4 Å². The van der Waals surface area contributed by atoms with Crippen LogP contribution < -0.4 is 10.2 Å². The normalized spacial score (nSPS) is 16.7. The van der Waals surface area contributed by atoms with E-state index in [2.05, 4.69) is 5.32 Å². The molecular formula is C16H11IN2O4S. The second-order valence-corrected chi connectivity index (χ2v) is 6.37. The smallest absolute Gasteiger partial charge is 0.270 e. The van der Waals surface area contributed by atoms with Crippen molar-refractivity contribution >= 4 is 63.5 Å². The average molecular weight is 454 g/mol. The number of anilines is 1. The van der Waals surface area contributed by atoms with E-state index in [4.69, 9.17) is 21.7 Å². The number of aliphatic hydroxyl groups is 1. The molecule has 122 valence electrons. The molecule has 1 aromatic carbocycles. The van der Waals surface area contributed by atoms with Crippen molar-refractivity contribution in [2.24, 2.45) is 0 Å². The first-order valence-corrected chi connectivity index (χ1v) is 8.35. The number of benzene rings is 1. The Hall–Kier alpha value is -2.04. The van der Waals surface area contributed by atoms with Gasteiger partial charge in [0, 0.05) is 0 Å². The van der Waals surface area contributed by atoms with Crippen LogP contribution in [-0.2, 0) is 16.2 Å². The summed E-state index contributed by atoms with van der Waals surface area (Å²) >= 11 is 7.11. The van der Waals surface area contributed by atoms with Gasteiger partial charge in [-0.25, -0.2) is 0 Å². The van der Waals surface area contributed by atoms with Gasteiger partial charge in [0.2, 0.25) is 0 Å². The first-order chi connectivity index (χ1) is 11.5. The number of carbonyl (C=O) groups is 2. The summed E-state index contributed by atoms with van der Waals surface area (Å²) < 4.78 is 6.03. The lowest BCUT2D eigenvalue weighted by atomic mass is 10.1. The Morgan fingerprint density at radius 1 is 1.21 bits per heavy atom. The van der Waals surface area contributed by atoms with Crippen LogP contribution in [0.4, 0.5) is 5.69 Å². The van der Waals surface area contributed by atoms with Crippen molar-refractivity contribution < 1.29 is 19.1 Å². The minimum Gasteiger partial charge on any atom is -0.451 e. The van der Waals surface area contributed by atoms with Crippen LogP contribution >= 0.6 is 34.8 Å². The molecule has 0 radical (unpaired) electrons. The molecule has 0 saturated carbocycles. The van der Waals surface area contributed by atoms with Gasteiger partial charge in [-0.2, -0.15) is 0 Å². The Balaban J connectivity index is 1.97. The number of amides is 2. The molecular weight excluding hydrogens is 443 g/mol. The van der Waals surface area contributed by atoms with Gasteiger partial charge in [0.25, 0.3) is 11.8 Å². The van der Waals surface area contributed by atoms with Crippen molar-refractivity contribution in [2.45, 2.75) is 6.61 Å². The molecule has 24 heavy (non-hydrogen) atoms. The van der Waals surface area contributed by atoms with Crippen LogP contribution in [0.15, 0.2) is 46.4 Å². The molecule has 6 nitrogen and oxygen atoms in total. The molecule has 0 atom stereocenters. The molecule has 0 spiro atoms. The highest BCUT2D eigenvalue weighted by molar-refractivity contribution is 14.1. The van der Waals surface area contributed by atoms with Crippen LogP contribution in [0.3, 0.4) is 0 Å². The topological polar surface area (TPSA) is 82.8 Å². The van der Waals surface area contributed by atoms with Crippen LogP contribution in [0.5, 0.6) is 0 Å². The lowest BCUT2D eigenvalue weighted by Crippen LogP contribution is -2.54. The van der Waals surface area contributed by atoms with Crippen LogP contribution in [0.2, 0.25) is 0 Å². The summed E-state index contributed by atoms with van der Waals surface area (Å²) in [5.41, 5.74) is 1.14. The molecule has 1 aliphatic rings. The molecule has 2 N–H and O–H groups in total. The first kappa shape index (κ1) is 16.8. The molecule has 1 saturated heterocycles. The number of thiocarbonyl (C=S) groups is 1. The molecule has 2 amide bonds. The highest BCUT2D eigenvalue weighted by Gasteiger charge is 2.34. The summed E-state index contributed by atoms with van der Waals surface area (Å²) in [5.74, 6) is -0.701. The fraction of sp³-hybridized carbons (Fsp3) is 0.0625. The summed E-state index contributed by atoms with van der Waals surface area (Å²) in [6, 6.07) is 10.1. The van der Waals surface area contributed by atoms with Crippen molar-refractivity contribution in [3.8, 4) is 0 Å². The largest absolute Gasteiger partial charge is 0.451 e. The number of aliphatic hydroxyl groups excluding tert-OH is 1. The molecule has 0 bridgehead atoms. The summed E-state index contributed by atoms with van der Waals surface area (Å²) in [5, 5.41) is 11.6. The van der Waals surface area contributed by atoms with Crippen molar-refractivity contribution in [1.82, 2.24) is 5.32 Å². The third-order valence-corrected chi connectivity index (χ3v) is 4.22. The SMILES string of the molecule is O=C1NC(=S)N(c2ccc(CO)cc2)C(=O)/C1=C/c1ccc(I)o1. The molecule has 2 aromatic rings. The van der Waals surface area contributed by atoms with Crippen molar-refractivity contribution in [3.63, 3.8) is 0 Å². The highest BCUT2D eigenvalue weighted by Crippen LogP contribution is 2.23. The number of rotatable bonds is 3. The van der Waals surface area contributed by atoms with Crippen molar-refractivity contribution in [3.05, 3.63) is 57.1 Å². The van der Waals surface area contributed by atoms with E-state index in [0.717, 1.165) is 0 Å². The van der Waals surface area contributed by atoms with E-state index < -0.39 is 11.8 Å². The van der Waals surface area contributed by atoms with E-state index in [-0.39, 0.29) is 17.3 Å². The summed E-state index contributed by atoms with van der Waals surface area (Å²) in [6.07, 6.45) is 1.39. The zero-order valence-corrected chi connectivity index (χ0v) is 15.1. The predicted octanol–water partition coefficient (Wildman–Crippen LogP) is 2.21. The number of furan rings is 1. The van der Waals surface area contributed by atoms with Crippen molar-refractivity contribution in [2.75, 3.05) is 4.90 Å². The molecule has 3 rings (SSSR count). The minimum absolute atomic E-state index is 0.00734. The van der Waals surface area contributed by atoms with E-state index in [0.29, 0.717) is 20.8 Å². The fourth-order valence-electron chi connectivity index (χ4n) is 2.19. The molecule has 1 fully saturated rings. The van der Waals surface area contributed by atoms with Gasteiger partial charge < -0.3 is 9.52 Å². The maximum atomic E-state index is 12.7. The third-order valence-electron chi connectivity index (χ3n) is 3.36.